The Morgan fingerprint density at radius 3 is 2.55 bits per heavy atom. The smallest absolute Gasteiger partial charge is 0.305 e. The van der Waals surface area contributed by atoms with Gasteiger partial charge in [-0.2, -0.15) is 5.10 Å². The number of carbonyl (C=O) groups is 2. The maximum absolute atomic E-state index is 12.9. The molecule has 2 N–H and O–H groups in total. The molecule has 2 aromatic heterocycles. The predicted molar refractivity (Wildman–Crippen MR) is 126 cm³/mol. The molecule has 1 aromatic carbocycles. The topological polar surface area (TPSA) is 92.4 Å². The third kappa shape index (κ3) is 5.12. The number of halogens is 1. The second-order valence-corrected chi connectivity index (χ2v) is 8.61. The van der Waals surface area contributed by atoms with E-state index in [9.17, 15) is 9.59 Å². The van der Waals surface area contributed by atoms with Crippen LogP contribution < -0.4 is 10.9 Å². The van der Waals surface area contributed by atoms with E-state index in [4.69, 9.17) is 16.0 Å². The van der Waals surface area contributed by atoms with E-state index in [1.807, 2.05) is 25.1 Å². The summed E-state index contributed by atoms with van der Waals surface area (Å²) in [5, 5.41) is 5.07. The Hall–Kier alpha value is -3.10. The van der Waals surface area contributed by atoms with Crippen molar-refractivity contribution in [1.82, 2.24) is 25.5 Å². The highest BCUT2D eigenvalue weighted by atomic mass is 35.5. The molecule has 1 fully saturated rings. The number of nitrogens with one attached hydrogen (secondary N) is 2. The molecule has 0 saturated heterocycles. The lowest BCUT2D eigenvalue weighted by molar-refractivity contribution is 0.0828. The first-order valence-electron chi connectivity index (χ1n) is 11.2. The molecule has 0 spiro atoms. The molecule has 33 heavy (non-hydrogen) atoms. The molecule has 174 valence electrons. The summed E-state index contributed by atoms with van der Waals surface area (Å²) in [6.07, 6.45) is 3.50. The number of hydrogen-bond donors (Lipinski definition) is 2. The molecule has 0 unspecified atom stereocenters. The van der Waals surface area contributed by atoms with Gasteiger partial charge in [0, 0.05) is 10.9 Å². The third-order valence-corrected chi connectivity index (χ3v) is 6.27. The zero-order valence-electron chi connectivity index (χ0n) is 19.0. The molecule has 1 aliphatic carbocycles. The van der Waals surface area contributed by atoms with E-state index in [1.165, 1.54) is 6.20 Å². The maximum atomic E-state index is 12.9. The third-order valence-electron chi connectivity index (χ3n) is 5.86. The molecule has 0 bridgehead atoms. The SMILES string of the molecule is CCN(CC)Cc1ccc(C(=O)NNC(=O)c2cnn(-c3ccc(C)c(Cl)c3)c2C2CC2)o1. The van der Waals surface area contributed by atoms with Gasteiger partial charge in [-0.3, -0.25) is 25.3 Å². The van der Waals surface area contributed by atoms with Crippen LogP contribution in [-0.2, 0) is 6.54 Å². The second kappa shape index (κ2) is 9.80. The van der Waals surface area contributed by atoms with Gasteiger partial charge in [0.25, 0.3) is 5.91 Å². The molecule has 3 aromatic rings. The van der Waals surface area contributed by atoms with Crippen molar-refractivity contribution in [2.75, 3.05) is 13.1 Å². The second-order valence-electron chi connectivity index (χ2n) is 8.20. The molecular weight excluding hydrogens is 442 g/mol. The van der Waals surface area contributed by atoms with Gasteiger partial charge in [-0.25, -0.2) is 4.68 Å². The molecule has 2 heterocycles. The number of hydrazine groups is 1. The van der Waals surface area contributed by atoms with Crippen molar-refractivity contribution >= 4 is 23.4 Å². The summed E-state index contributed by atoms with van der Waals surface area (Å²) in [5.41, 5.74) is 7.95. The fourth-order valence-corrected chi connectivity index (χ4v) is 3.87. The van der Waals surface area contributed by atoms with Crippen LogP contribution in [-0.4, -0.2) is 39.6 Å². The molecule has 8 nitrogen and oxygen atoms in total. The first-order valence-corrected chi connectivity index (χ1v) is 11.5. The van der Waals surface area contributed by atoms with Crippen molar-refractivity contribution in [2.45, 2.75) is 46.1 Å². The van der Waals surface area contributed by atoms with Crippen LogP contribution in [0.25, 0.3) is 5.69 Å². The first-order chi connectivity index (χ1) is 15.9. The molecule has 9 heteroatoms. The van der Waals surface area contributed by atoms with Crippen LogP contribution >= 0.6 is 11.6 Å². The summed E-state index contributed by atoms with van der Waals surface area (Å²) >= 11 is 6.29. The Balaban J connectivity index is 1.45. The fraction of sp³-hybridized carbons (Fsp3) is 0.375. The first kappa shape index (κ1) is 23.1. The Morgan fingerprint density at radius 1 is 1.15 bits per heavy atom. The van der Waals surface area contributed by atoms with Crippen molar-refractivity contribution in [3.63, 3.8) is 0 Å². The number of aryl methyl sites for hydroxylation is 1. The molecule has 2 amide bonds. The number of carbonyl (C=O) groups excluding carboxylic acids is 2. The summed E-state index contributed by atoms with van der Waals surface area (Å²) in [5.74, 6) is 0.148. The van der Waals surface area contributed by atoms with E-state index < -0.39 is 11.8 Å². The largest absolute Gasteiger partial charge is 0.454 e. The number of hydrogen-bond acceptors (Lipinski definition) is 5. The van der Waals surface area contributed by atoms with Crippen molar-refractivity contribution in [3.8, 4) is 5.69 Å². The minimum atomic E-state index is -0.514. The summed E-state index contributed by atoms with van der Waals surface area (Å²) in [6.45, 7) is 8.48. The van der Waals surface area contributed by atoms with Crippen LogP contribution in [0.3, 0.4) is 0 Å². The number of nitrogens with zero attached hydrogens (tertiary/aromatic N) is 3. The normalized spacial score (nSPS) is 13.4. The number of aromatic nitrogens is 2. The van der Waals surface area contributed by atoms with Gasteiger partial charge in [-0.1, -0.05) is 31.5 Å². The average Bonchev–Trinajstić information content (AvgIpc) is 3.38. The quantitative estimate of drug-likeness (QED) is 0.482. The highest BCUT2D eigenvalue weighted by molar-refractivity contribution is 6.31. The van der Waals surface area contributed by atoms with Gasteiger partial charge in [0.15, 0.2) is 5.76 Å². The maximum Gasteiger partial charge on any atom is 0.305 e. The minimum absolute atomic E-state index is 0.143. The number of amides is 2. The van der Waals surface area contributed by atoms with Gasteiger partial charge < -0.3 is 4.42 Å². The van der Waals surface area contributed by atoms with Crippen LogP contribution in [0.5, 0.6) is 0 Å². The van der Waals surface area contributed by atoms with Gasteiger partial charge in [0.2, 0.25) is 0 Å². The molecule has 4 rings (SSSR count). The lowest BCUT2D eigenvalue weighted by Crippen LogP contribution is -2.41. The van der Waals surface area contributed by atoms with Crippen LogP contribution in [0.1, 0.15) is 70.5 Å². The summed E-state index contributed by atoms with van der Waals surface area (Å²) in [7, 11) is 0. The van der Waals surface area contributed by atoms with E-state index in [0.29, 0.717) is 22.9 Å². The summed E-state index contributed by atoms with van der Waals surface area (Å²) in [4.78, 5) is 27.5. The summed E-state index contributed by atoms with van der Waals surface area (Å²) < 4.78 is 7.39. The van der Waals surface area contributed by atoms with Crippen LogP contribution in [0.4, 0.5) is 0 Å². The minimum Gasteiger partial charge on any atom is -0.454 e. The molecule has 0 aliphatic heterocycles. The molecular formula is C24H28ClN5O3. The van der Waals surface area contributed by atoms with Crippen molar-refractivity contribution in [1.29, 1.82) is 0 Å². The lowest BCUT2D eigenvalue weighted by Gasteiger charge is -2.15. The Labute approximate surface area is 197 Å². The van der Waals surface area contributed by atoms with Gasteiger partial charge in [-0.05, 0) is 62.7 Å². The van der Waals surface area contributed by atoms with Crippen LogP contribution in [0, 0.1) is 6.92 Å². The van der Waals surface area contributed by atoms with E-state index in [2.05, 4.69) is 34.7 Å². The van der Waals surface area contributed by atoms with Gasteiger partial charge in [0.05, 0.1) is 29.7 Å². The van der Waals surface area contributed by atoms with Crippen LogP contribution in [0.15, 0.2) is 40.9 Å². The van der Waals surface area contributed by atoms with Crippen LogP contribution in [0.2, 0.25) is 5.02 Å². The standard InChI is InChI=1S/C24H28ClN5O3/c1-4-29(5-2)14-18-10-11-21(33-18)24(32)28-27-23(31)19-13-26-30(22(19)16-7-8-16)17-9-6-15(3)20(25)12-17/h6,9-13,16H,4-5,7-8,14H2,1-3H3,(H,27,31)(H,28,32). The van der Waals surface area contributed by atoms with Gasteiger partial charge >= 0.3 is 5.91 Å². The zero-order chi connectivity index (χ0) is 23.5. The monoisotopic (exact) mass is 469 g/mol. The highest BCUT2D eigenvalue weighted by Gasteiger charge is 2.33. The van der Waals surface area contributed by atoms with E-state index in [0.717, 1.165) is 42.9 Å². The molecule has 0 radical (unpaired) electrons. The zero-order valence-corrected chi connectivity index (χ0v) is 19.8. The van der Waals surface area contributed by atoms with Crippen molar-refractivity contribution in [2.24, 2.45) is 0 Å². The Bertz CT molecular complexity index is 1160. The molecule has 0 atom stereocenters. The van der Waals surface area contributed by atoms with E-state index >= 15 is 0 Å². The number of benzene rings is 1. The predicted octanol–water partition coefficient (Wildman–Crippen LogP) is 4.22. The van der Waals surface area contributed by atoms with Crippen molar-refractivity contribution in [3.05, 3.63) is 69.9 Å². The average molecular weight is 470 g/mol. The molecule has 1 saturated carbocycles. The molecule has 1 aliphatic rings. The Kier molecular flexibility index (Phi) is 6.85. The Morgan fingerprint density at radius 2 is 1.88 bits per heavy atom. The number of rotatable bonds is 8. The van der Waals surface area contributed by atoms with Crippen molar-refractivity contribution < 1.29 is 14.0 Å². The van der Waals surface area contributed by atoms with E-state index in [-0.39, 0.29) is 11.7 Å². The number of furan rings is 1. The fourth-order valence-electron chi connectivity index (χ4n) is 3.70. The van der Waals surface area contributed by atoms with Gasteiger partial charge in [0.1, 0.15) is 5.76 Å². The van der Waals surface area contributed by atoms with E-state index in [1.54, 1.807) is 16.8 Å². The van der Waals surface area contributed by atoms with Gasteiger partial charge in [-0.15, -0.1) is 0 Å². The lowest BCUT2D eigenvalue weighted by atomic mass is 10.1. The highest BCUT2D eigenvalue weighted by Crippen LogP contribution is 2.42. The summed E-state index contributed by atoms with van der Waals surface area (Å²) in [6, 6.07) is 9.07.